The highest BCUT2D eigenvalue weighted by Gasteiger charge is 2.18. The number of carbonyl (C=O) groups excluding carboxylic acids is 1. The molecule has 0 saturated carbocycles. The fraction of sp³-hybridized carbons (Fsp3) is 0.222. The third-order valence-corrected chi connectivity index (χ3v) is 1.91. The van der Waals surface area contributed by atoms with E-state index in [9.17, 15) is 4.79 Å². The van der Waals surface area contributed by atoms with Crippen molar-refractivity contribution in [3.63, 3.8) is 0 Å². The Labute approximate surface area is 65.2 Å². The normalized spacial score (nSPS) is 20.5. The van der Waals surface area contributed by atoms with Crippen LogP contribution < -0.4 is 5.32 Å². The van der Waals surface area contributed by atoms with Crippen molar-refractivity contribution in [3.05, 3.63) is 29.8 Å². The lowest BCUT2D eigenvalue weighted by Crippen LogP contribution is -2.15. The number of hydrogen-bond acceptors (Lipinski definition) is 2. The second-order valence-corrected chi connectivity index (χ2v) is 2.68. The van der Waals surface area contributed by atoms with Crippen molar-refractivity contribution in [2.75, 3.05) is 5.32 Å². The molecule has 1 atom stereocenters. The van der Waals surface area contributed by atoms with Gasteiger partial charge >= 0.3 is 0 Å². The Bertz CT molecular complexity index is 258. The van der Waals surface area contributed by atoms with E-state index < -0.39 is 0 Å². The van der Waals surface area contributed by atoms with E-state index in [0.717, 1.165) is 12.1 Å². The van der Waals surface area contributed by atoms with E-state index in [1.54, 1.807) is 0 Å². The summed E-state index contributed by atoms with van der Waals surface area (Å²) >= 11 is 0. The summed E-state index contributed by atoms with van der Waals surface area (Å²) in [5.41, 5.74) is 2.28. The molecule has 2 heteroatoms. The summed E-state index contributed by atoms with van der Waals surface area (Å²) in [4.78, 5) is 10.3. The van der Waals surface area contributed by atoms with Crippen LogP contribution in [0.3, 0.4) is 0 Å². The maximum absolute atomic E-state index is 10.3. The van der Waals surface area contributed by atoms with E-state index in [1.807, 2.05) is 30.6 Å². The number of rotatable bonds is 1. The maximum Gasteiger partial charge on any atom is 0.223 e. The molecule has 0 bridgehead atoms. The van der Waals surface area contributed by atoms with Gasteiger partial charge in [0.25, 0.3) is 0 Å². The first-order chi connectivity index (χ1) is 5.40. The average Bonchev–Trinajstić information content (AvgIpc) is 2.46. The van der Waals surface area contributed by atoms with Gasteiger partial charge in [0, 0.05) is 12.1 Å². The second-order valence-electron chi connectivity index (χ2n) is 2.68. The number of para-hydroxylation sites is 1. The largest absolute Gasteiger partial charge is 0.374 e. The van der Waals surface area contributed by atoms with Crippen LogP contribution in [0.5, 0.6) is 0 Å². The third-order valence-electron chi connectivity index (χ3n) is 1.91. The summed E-state index contributed by atoms with van der Waals surface area (Å²) in [6.07, 6.45) is 2.73. The van der Waals surface area contributed by atoms with Crippen molar-refractivity contribution < 1.29 is 4.79 Å². The molecular formula is C9H8NO. The van der Waals surface area contributed by atoms with E-state index in [1.165, 1.54) is 5.56 Å². The number of anilines is 1. The molecule has 2 rings (SSSR count). The zero-order valence-corrected chi connectivity index (χ0v) is 6.00. The Hall–Kier alpha value is -1.31. The molecule has 1 aliphatic heterocycles. The van der Waals surface area contributed by atoms with E-state index in [4.69, 9.17) is 0 Å². The van der Waals surface area contributed by atoms with Crippen molar-refractivity contribution in [2.45, 2.75) is 12.5 Å². The van der Waals surface area contributed by atoms with Gasteiger partial charge in [-0.15, -0.1) is 0 Å². The van der Waals surface area contributed by atoms with Crippen LogP contribution in [0.15, 0.2) is 24.3 Å². The molecule has 0 aromatic heterocycles. The van der Waals surface area contributed by atoms with Crippen LogP contribution in [0.2, 0.25) is 0 Å². The zero-order chi connectivity index (χ0) is 7.68. The Morgan fingerprint density at radius 3 is 3.00 bits per heavy atom. The first-order valence-electron chi connectivity index (χ1n) is 3.62. The van der Waals surface area contributed by atoms with Crippen molar-refractivity contribution in [1.29, 1.82) is 0 Å². The summed E-state index contributed by atoms with van der Waals surface area (Å²) in [5.74, 6) is 0. The standard InChI is InChI=1S/C9H8NO/c11-6-8-5-7-3-1-2-4-9(7)10-8/h1-4,8,10H,5H2. The van der Waals surface area contributed by atoms with Gasteiger partial charge in [-0.2, -0.15) is 0 Å². The fourth-order valence-electron chi connectivity index (χ4n) is 1.37. The van der Waals surface area contributed by atoms with Crippen LogP contribution in [0.1, 0.15) is 5.56 Å². The summed E-state index contributed by atoms with van der Waals surface area (Å²) < 4.78 is 0. The molecule has 11 heavy (non-hydrogen) atoms. The van der Waals surface area contributed by atoms with Gasteiger partial charge in [0.2, 0.25) is 6.29 Å². The molecule has 1 N–H and O–H groups in total. The monoisotopic (exact) mass is 146 g/mol. The number of benzene rings is 1. The topological polar surface area (TPSA) is 29.1 Å². The lowest BCUT2D eigenvalue weighted by Gasteiger charge is -1.98. The van der Waals surface area contributed by atoms with E-state index in [0.29, 0.717) is 0 Å². The van der Waals surface area contributed by atoms with Crippen molar-refractivity contribution in [3.8, 4) is 0 Å². The SMILES string of the molecule is O=[C]C1Cc2ccccc2N1. The zero-order valence-electron chi connectivity index (χ0n) is 6.00. The molecule has 1 aromatic carbocycles. The van der Waals surface area contributed by atoms with Crippen molar-refractivity contribution >= 4 is 12.0 Å². The Morgan fingerprint density at radius 2 is 2.27 bits per heavy atom. The summed E-state index contributed by atoms with van der Waals surface area (Å²) in [7, 11) is 0. The van der Waals surface area contributed by atoms with Gasteiger partial charge in [0.15, 0.2) is 0 Å². The Kier molecular flexibility index (Phi) is 1.39. The van der Waals surface area contributed by atoms with Crippen LogP contribution >= 0.6 is 0 Å². The molecule has 1 unspecified atom stereocenters. The van der Waals surface area contributed by atoms with Crippen LogP contribution in [-0.4, -0.2) is 12.3 Å². The third kappa shape index (κ3) is 1.00. The van der Waals surface area contributed by atoms with Crippen molar-refractivity contribution in [2.24, 2.45) is 0 Å². The van der Waals surface area contributed by atoms with Gasteiger partial charge in [0.05, 0.1) is 6.04 Å². The highest BCUT2D eigenvalue weighted by Crippen LogP contribution is 2.23. The summed E-state index contributed by atoms with van der Waals surface area (Å²) in [6, 6.07) is 7.81. The first kappa shape index (κ1) is 6.40. The molecule has 1 aromatic rings. The molecule has 1 aliphatic rings. The quantitative estimate of drug-likeness (QED) is 0.643. The predicted octanol–water partition coefficient (Wildman–Crippen LogP) is 1.13. The second kappa shape index (κ2) is 2.38. The fourth-order valence-corrected chi connectivity index (χ4v) is 1.37. The molecule has 0 fully saturated rings. The molecule has 0 aliphatic carbocycles. The molecule has 0 saturated heterocycles. The maximum atomic E-state index is 10.3. The van der Waals surface area contributed by atoms with Gasteiger partial charge in [0.1, 0.15) is 0 Å². The van der Waals surface area contributed by atoms with Crippen LogP contribution in [0, 0.1) is 0 Å². The number of hydrogen-bond donors (Lipinski definition) is 1. The van der Waals surface area contributed by atoms with Gasteiger partial charge in [-0.3, -0.25) is 4.79 Å². The highest BCUT2D eigenvalue weighted by molar-refractivity contribution is 5.71. The minimum Gasteiger partial charge on any atom is -0.374 e. The van der Waals surface area contributed by atoms with E-state index >= 15 is 0 Å². The van der Waals surface area contributed by atoms with Gasteiger partial charge in [-0.05, 0) is 11.6 Å². The molecule has 0 amide bonds. The van der Waals surface area contributed by atoms with Gasteiger partial charge < -0.3 is 5.32 Å². The predicted molar refractivity (Wildman–Crippen MR) is 43.3 cm³/mol. The van der Waals surface area contributed by atoms with E-state index in [2.05, 4.69) is 5.32 Å². The molecule has 55 valence electrons. The summed E-state index contributed by atoms with van der Waals surface area (Å²) in [6.45, 7) is 0. The lowest BCUT2D eigenvalue weighted by molar-refractivity contribution is 0.547. The minimum atomic E-state index is -0.132. The van der Waals surface area contributed by atoms with Crippen molar-refractivity contribution in [1.82, 2.24) is 0 Å². The van der Waals surface area contributed by atoms with Crippen LogP contribution in [0.4, 0.5) is 5.69 Å². The van der Waals surface area contributed by atoms with Crippen LogP contribution in [0.25, 0.3) is 0 Å². The molecule has 1 heterocycles. The average molecular weight is 146 g/mol. The molecule has 2 nitrogen and oxygen atoms in total. The molecule has 1 radical (unpaired) electrons. The molecular weight excluding hydrogens is 138 g/mol. The molecule has 0 spiro atoms. The first-order valence-corrected chi connectivity index (χ1v) is 3.62. The summed E-state index contributed by atoms with van der Waals surface area (Å²) in [5, 5.41) is 3.06. The lowest BCUT2D eigenvalue weighted by atomic mass is 10.1. The van der Waals surface area contributed by atoms with Gasteiger partial charge in [-0.1, -0.05) is 18.2 Å². The highest BCUT2D eigenvalue weighted by atomic mass is 16.1. The van der Waals surface area contributed by atoms with E-state index in [-0.39, 0.29) is 6.04 Å². The smallest absolute Gasteiger partial charge is 0.223 e. The minimum absolute atomic E-state index is 0.132. The van der Waals surface area contributed by atoms with Gasteiger partial charge in [-0.25, -0.2) is 0 Å². The Morgan fingerprint density at radius 1 is 1.45 bits per heavy atom. The number of nitrogens with one attached hydrogen (secondary N) is 1. The Balaban J connectivity index is 2.33. The number of fused-ring (bicyclic) bond motifs is 1. The van der Waals surface area contributed by atoms with Crippen LogP contribution in [-0.2, 0) is 11.2 Å².